The van der Waals surface area contributed by atoms with E-state index in [1.807, 2.05) is 72.1 Å². The quantitative estimate of drug-likeness (QED) is 0.571. The lowest BCUT2D eigenvalue weighted by Crippen LogP contribution is -2.50. The number of nitrogens with zero attached hydrogens (tertiary/aromatic N) is 4. The molecule has 1 aliphatic rings. The lowest BCUT2D eigenvalue weighted by atomic mass is 9.97. The van der Waals surface area contributed by atoms with Crippen LogP contribution in [0.5, 0.6) is 0 Å². The van der Waals surface area contributed by atoms with Gasteiger partial charge in [-0.1, -0.05) is 56.3 Å². The van der Waals surface area contributed by atoms with Gasteiger partial charge in [0.25, 0.3) is 5.91 Å². The van der Waals surface area contributed by atoms with E-state index in [1.54, 1.807) is 11.1 Å². The van der Waals surface area contributed by atoms with E-state index in [2.05, 4.69) is 17.2 Å². The maximum absolute atomic E-state index is 13.3. The molecule has 0 bridgehead atoms. The Morgan fingerprint density at radius 1 is 0.939 bits per heavy atom. The lowest BCUT2D eigenvalue weighted by Gasteiger charge is -2.34. The molecule has 3 aromatic rings. The number of benzene rings is 2. The predicted molar refractivity (Wildman–Crippen MR) is 127 cm³/mol. The molecule has 0 aliphatic carbocycles. The van der Waals surface area contributed by atoms with Crippen molar-refractivity contribution in [1.29, 1.82) is 0 Å². The van der Waals surface area contributed by atoms with Gasteiger partial charge in [0.05, 0.1) is 13.2 Å². The molecule has 172 valence electrons. The monoisotopic (exact) mass is 446 g/mol. The molecule has 0 atom stereocenters. The summed E-state index contributed by atoms with van der Waals surface area (Å²) >= 11 is 0. The van der Waals surface area contributed by atoms with Crippen LogP contribution in [0, 0.1) is 5.92 Å². The number of ether oxygens (including phenoxy) is 1. The summed E-state index contributed by atoms with van der Waals surface area (Å²) < 4.78 is 7.20. The normalized spacial score (nSPS) is 13.9. The molecule has 0 saturated carbocycles. The zero-order valence-electron chi connectivity index (χ0n) is 19.2. The summed E-state index contributed by atoms with van der Waals surface area (Å²) in [5.41, 5.74) is 3.73. The van der Waals surface area contributed by atoms with Gasteiger partial charge in [0.15, 0.2) is 0 Å². The molecular weight excluding hydrogens is 416 g/mol. The summed E-state index contributed by atoms with van der Waals surface area (Å²) in [6.45, 7) is 7.08. The molecule has 2 amide bonds. The van der Waals surface area contributed by atoms with Gasteiger partial charge in [-0.2, -0.15) is 5.10 Å². The second-order valence-electron chi connectivity index (χ2n) is 8.70. The minimum Gasteiger partial charge on any atom is -0.449 e. The molecule has 33 heavy (non-hydrogen) atoms. The Kier molecular flexibility index (Phi) is 7.07. The molecule has 2 heterocycles. The first kappa shape index (κ1) is 22.6. The predicted octanol–water partition coefficient (Wildman–Crippen LogP) is 4.15. The van der Waals surface area contributed by atoms with Crippen LogP contribution in [0.25, 0.3) is 11.1 Å². The van der Waals surface area contributed by atoms with E-state index in [0.717, 1.165) is 16.7 Å². The van der Waals surface area contributed by atoms with Gasteiger partial charge >= 0.3 is 6.09 Å². The number of carbonyl (C=O) groups is 2. The molecule has 2 aromatic carbocycles. The Hall–Kier alpha value is -3.61. The van der Waals surface area contributed by atoms with Gasteiger partial charge in [-0.15, -0.1) is 0 Å². The summed E-state index contributed by atoms with van der Waals surface area (Å²) in [5.74, 6) is 0.286. The Morgan fingerprint density at radius 3 is 2.30 bits per heavy atom. The van der Waals surface area contributed by atoms with Crippen LogP contribution in [0.15, 0.2) is 67.0 Å². The molecule has 1 saturated heterocycles. The number of rotatable bonds is 6. The van der Waals surface area contributed by atoms with Crippen LogP contribution in [0.1, 0.15) is 29.8 Å². The van der Waals surface area contributed by atoms with E-state index in [1.165, 1.54) is 0 Å². The van der Waals surface area contributed by atoms with Gasteiger partial charge in [-0.3, -0.25) is 9.48 Å². The van der Waals surface area contributed by atoms with Gasteiger partial charge < -0.3 is 14.5 Å². The third kappa shape index (κ3) is 5.61. The summed E-state index contributed by atoms with van der Waals surface area (Å²) in [6.07, 6.45) is 3.41. The van der Waals surface area contributed by atoms with Crippen LogP contribution in [0.4, 0.5) is 4.79 Å². The highest BCUT2D eigenvalue weighted by Gasteiger charge is 2.27. The zero-order chi connectivity index (χ0) is 23.2. The van der Waals surface area contributed by atoms with Gasteiger partial charge in [0, 0.05) is 44.1 Å². The van der Waals surface area contributed by atoms with Crippen molar-refractivity contribution in [3.8, 4) is 11.1 Å². The summed E-state index contributed by atoms with van der Waals surface area (Å²) in [4.78, 5) is 29.0. The van der Waals surface area contributed by atoms with Crippen molar-refractivity contribution >= 4 is 12.0 Å². The van der Waals surface area contributed by atoms with Gasteiger partial charge in [0.2, 0.25) is 0 Å². The molecule has 1 aliphatic heterocycles. The fourth-order valence-corrected chi connectivity index (χ4v) is 3.88. The maximum Gasteiger partial charge on any atom is 0.409 e. The van der Waals surface area contributed by atoms with Crippen molar-refractivity contribution in [2.45, 2.75) is 20.4 Å². The fraction of sp³-hybridized carbons (Fsp3) is 0.346. The standard InChI is InChI=1S/C26H30N4O3/c1-20(2)19-33-26(32)29-16-14-28(15-17-29)25(31)24-7-4-3-6-23(24)22-10-8-21(9-11-22)18-30-13-5-12-27-30/h3-13,20H,14-19H2,1-2H3. The van der Waals surface area contributed by atoms with Gasteiger partial charge in [-0.05, 0) is 34.7 Å². The minimum atomic E-state index is -0.300. The Morgan fingerprint density at radius 2 is 1.64 bits per heavy atom. The second kappa shape index (κ2) is 10.3. The minimum absolute atomic E-state index is 0.0126. The molecule has 0 radical (unpaired) electrons. The van der Waals surface area contributed by atoms with E-state index >= 15 is 0 Å². The first-order valence-corrected chi connectivity index (χ1v) is 11.4. The van der Waals surface area contributed by atoms with Gasteiger partial charge in [0.1, 0.15) is 0 Å². The molecule has 0 spiro atoms. The topological polar surface area (TPSA) is 67.7 Å². The van der Waals surface area contributed by atoms with E-state index < -0.39 is 0 Å². The first-order chi connectivity index (χ1) is 16.0. The van der Waals surface area contributed by atoms with Crippen LogP contribution < -0.4 is 0 Å². The van der Waals surface area contributed by atoms with Crippen LogP contribution in [-0.4, -0.2) is 64.4 Å². The zero-order valence-corrected chi connectivity index (χ0v) is 19.2. The molecule has 7 heteroatoms. The van der Waals surface area contributed by atoms with Crippen LogP contribution in [0.3, 0.4) is 0 Å². The molecular formula is C26H30N4O3. The highest BCUT2D eigenvalue weighted by molar-refractivity contribution is 6.01. The number of piperazine rings is 1. The largest absolute Gasteiger partial charge is 0.449 e. The van der Waals surface area contributed by atoms with Crippen LogP contribution >= 0.6 is 0 Å². The first-order valence-electron chi connectivity index (χ1n) is 11.4. The lowest BCUT2D eigenvalue weighted by molar-refractivity contribution is 0.0536. The van der Waals surface area contributed by atoms with E-state index in [4.69, 9.17) is 4.74 Å². The third-order valence-electron chi connectivity index (χ3n) is 5.69. The highest BCUT2D eigenvalue weighted by atomic mass is 16.6. The summed E-state index contributed by atoms with van der Waals surface area (Å²) in [6, 6.07) is 17.8. The van der Waals surface area contributed by atoms with Crippen molar-refractivity contribution in [3.05, 3.63) is 78.1 Å². The molecule has 0 unspecified atom stereocenters. The second-order valence-corrected chi connectivity index (χ2v) is 8.70. The number of amides is 2. The van der Waals surface area contributed by atoms with Crippen LogP contribution in [0.2, 0.25) is 0 Å². The maximum atomic E-state index is 13.3. The Labute approximate surface area is 194 Å². The third-order valence-corrected chi connectivity index (χ3v) is 5.69. The van der Waals surface area contributed by atoms with Crippen molar-refractivity contribution in [2.24, 2.45) is 5.92 Å². The number of carbonyl (C=O) groups excluding carboxylic acids is 2. The molecule has 1 fully saturated rings. The number of aromatic nitrogens is 2. The average molecular weight is 447 g/mol. The highest BCUT2D eigenvalue weighted by Crippen LogP contribution is 2.26. The number of hydrogen-bond donors (Lipinski definition) is 0. The SMILES string of the molecule is CC(C)COC(=O)N1CCN(C(=O)c2ccccc2-c2ccc(Cn3cccn3)cc2)CC1. The van der Waals surface area contributed by atoms with Gasteiger partial charge in [-0.25, -0.2) is 4.79 Å². The van der Waals surface area contributed by atoms with Crippen LogP contribution in [-0.2, 0) is 11.3 Å². The van der Waals surface area contributed by atoms with Crippen molar-refractivity contribution in [1.82, 2.24) is 19.6 Å². The molecule has 4 rings (SSSR count). The van der Waals surface area contributed by atoms with Crippen molar-refractivity contribution in [3.63, 3.8) is 0 Å². The fourth-order valence-electron chi connectivity index (χ4n) is 3.88. The number of hydrogen-bond acceptors (Lipinski definition) is 4. The Bertz CT molecular complexity index is 1070. The summed E-state index contributed by atoms with van der Waals surface area (Å²) in [5, 5.41) is 4.25. The van der Waals surface area contributed by atoms with E-state index in [9.17, 15) is 9.59 Å². The molecule has 7 nitrogen and oxygen atoms in total. The average Bonchev–Trinajstić information content (AvgIpc) is 3.36. The van der Waals surface area contributed by atoms with Crippen molar-refractivity contribution < 1.29 is 14.3 Å². The Balaban J connectivity index is 1.42. The molecule has 0 N–H and O–H groups in total. The summed E-state index contributed by atoms with van der Waals surface area (Å²) in [7, 11) is 0. The van der Waals surface area contributed by atoms with E-state index in [-0.39, 0.29) is 12.0 Å². The smallest absolute Gasteiger partial charge is 0.409 e. The van der Waals surface area contributed by atoms with E-state index in [0.29, 0.717) is 50.8 Å². The van der Waals surface area contributed by atoms with Crippen molar-refractivity contribution in [2.75, 3.05) is 32.8 Å². The molecule has 1 aromatic heterocycles.